The number of allylic oxidation sites excluding steroid dienone is 1. The van der Waals surface area contributed by atoms with Gasteiger partial charge >= 0.3 is 5.97 Å². The Hall–Kier alpha value is -3.12. The normalized spacial score (nSPS) is 15.4. The van der Waals surface area contributed by atoms with E-state index in [4.69, 9.17) is 21.1 Å². The first kappa shape index (κ1) is 19.6. The molecule has 2 aromatic carbocycles. The number of methoxy groups -OCH3 is 2. The Balaban J connectivity index is 2.19. The molecule has 7 heteroatoms. The molecule has 2 aromatic rings. The van der Waals surface area contributed by atoms with Crippen LogP contribution in [-0.2, 0) is 14.3 Å². The van der Waals surface area contributed by atoms with E-state index in [1.54, 1.807) is 31.2 Å². The molecule has 0 N–H and O–H groups in total. The fourth-order valence-corrected chi connectivity index (χ4v) is 3.25. The second kappa shape index (κ2) is 7.86. The second-order valence-electron chi connectivity index (χ2n) is 5.99. The number of nitrogens with zero attached hydrogens (tertiary/aromatic N) is 1. The highest BCUT2D eigenvalue weighted by Crippen LogP contribution is 2.37. The van der Waals surface area contributed by atoms with Gasteiger partial charge in [-0.2, -0.15) is 0 Å². The molecule has 0 spiro atoms. The molecule has 1 heterocycles. The first-order valence-electron chi connectivity index (χ1n) is 8.32. The summed E-state index contributed by atoms with van der Waals surface area (Å²) >= 11 is 6.09. The molecule has 5 nitrogen and oxygen atoms in total. The van der Waals surface area contributed by atoms with Crippen molar-refractivity contribution in [2.75, 3.05) is 19.1 Å². The molecule has 0 saturated heterocycles. The number of hydrogen-bond donors (Lipinski definition) is 0. The van der Waals surface area contributed by atoms with Crippen molar-refractivity contribution in [3.8, 4) is 5.75 Å². The van der Waals surface area contributed by atoms with Gasteiger partial charge in [-0.15, -0.1) is 0 Å². The van der Waals surface area contributed by atoms with Crippen LogP contribution in [0.4, 0.5) is 10.1 Å². The van der Waals surface area contributed by atoms with Crippen molar-refractivity contribution >= 4 is 35.2 Å². The van der Waals surface area contributed by atoms with Crippen molar-refractivity contribution in [3.05, 3.63) is 75.7 Å². The molecule has 0 unspecified atom stereocenters. The van der Waals surface area contributed by atoms with Gasteiger partial charge in [0.2, 0.25) is 0 Å². The summed E-state index contributed by atoms with van der Waals surface area (Å²) in [6, 6.07) is 11.0. The van der Waals surface area contributed by atoms with Gasteiger partial charge in [0.25, 0.3) is 5.91 Å². The molecule has 144 valence electrons. The number of anilines is 1. The van der Waals surface area contributed by atoms with Gasteiger partial charge in [-0.05, 0) is 37.3 Å². The predicted molar refractivity (Wildman–Crippen MR) is 105 cm³/mol. The molecule has 3 rings (SSSR count). The van der Waals surface area contributed by atoms with Crippen LogP contribution in [0.1, 0.15) is 12.5 Å². The van der Waals surface area contributed by atoms with E-state index in [1.807, 2.05) is 0 Å². The molecule has 1 amide bonds. The zero-order valence-corrected chi connectivity index (χ0v) is 16.2. The molecular formula is C21H17ClFNO4. The number of amides is 1. The zero-order chi connectivity index (χ0) is 20.4. The van der Waals surface area contributed by atoms with E-state index in [9.17, 15) is 14.0 Å². The van der Waals surface area contributed by atoms with Crippen LogP contribution in [0, 0.1) is 5.82 Å². The quantitative estimate of drug-likeness (QED) is 0.564. The number of halogens is 2. The molecule has 0 saturated carbocycles. The van der Waals surface area contributed by atoms with Crippen LogP contribution >= 0.6 is 11.6 Å². The van der Waals surface area contributed by atoms with Crippen LogP contribution in [0.25, 0.3) is 6.08 Å². The smallest absolute Gasteiger partial charge is 0.340 e. The summed E-state index contributed by atoms with van der Waals surface area (Å²) in [6.45, 7) is 1.62. The Morgan fingerprint density at radius 1 is 1.18 bits per heavy atom. The average Bonchev–Trinajstić information content (AvgIpc) is 2.94. The Morgan fingerprint density at radius 3 is 2.54 bits per heavy atom. The summed E-state index contributed by atoms with van der Waals surface area (Å²) in [6.07, 6.45) is 1.27. The van der Waals surface area contributed by atoms with Crippen molar-refractivity contribution in [2.24, 2.45) is 0 Å². The Kier molecular flexibility index (Phi) is 5.51. The van der Waals surface area contributed by atoms with Crippen molar-refractivity contribution in [2.45, 2.75) is 6.92 Å². The lowest BCUT2D eigenvalue weighted by Crippen LogP contribution is -2.24. The van der Waals surface area contributed by atoms with Crippen molar-refractivity contribution in [1.29, 1.82) is 0 Å². The van der Waals surface area contributed by atoms with Crippen LogP contribution < -0.4 is 9.64 Å². The summed E-state index contributed by atoms with van der Waals surface area (Å²) in [5.74, 6) is -1.25. The lowest BCUT2D eigenvalue weighted by Gasteiger charge is -2.18. The topological polar surface area (TPSA) is 55.8 Å². The minimum Gasteiger partial charge on any atom is -0.497 e. The molecule has 0 radical (unpaired) electrons. The highest BCUT2D eigenvalue weighted by atomic mass is 35.5. The van der Waals surface area contributed by atoms with E-state index >= 15 is 0 Å². The lowest BCUT2D eigenvalue weighted by atomic mass is 10.0. The monoisotopic (exact) mass is 401 g/mol. The van der Waals surface area contributed by atoms with Crippen LogP contribution in [0.15, 0.2) is 59.3 Å². The van der Waals surface area contributed by atoms with E-state index in [1.165, 1.54) is 43.4 Å². The lowest BCUT2D eigenvalue weighted by molar-refractivity contribution is -0.136. The number of rotatable bonds is 4. The van der Waals surface area contributed by atoms with Crippen molar-refractivity contribution < 1.29 is 23.5 Å². The molecule has 0 aliphatic carbocycles. The van der Waals surface area contributed by atoms with E-state index in [2.05, 4.69) is 0 Å². The fraction of sp³-hybridized carbons (Fsp3) is 0.143. The van der Waals surface area contributed by atoms with E-state index in [0.717, 1.165) is 0 Å². The molecular weight excluding hydrogens is 385 g/mol. The molecule has 0 bridgehead atoms. The standard InChI is InChI=1S/C21H17ClFNO4/c1-12-19(21(26)28-3)16(11-15-17(22)8-5-9-18(15)23)20(25)24(12)13-6-4-7-14(10-13)27-2/h4-11H,1-3H3/b16-11+. The third-order valence-corrected chi connectivity index (χ3v) is 4.72. The maximum Gasteiger partial charge on any atom is 0.340 e. The average molecular weight is 402 g/mol. The van der Waals surface area contributed by atoms with E-state index in [0.29, 0.717) is 17.1 Å². The Labute approximate surface area is 166 Å². The largest absolute Gasteiger partial charge is 0.497 e. The van der Waals surface area contributed by atoms with Crippen LogP contribution in [0.3, 0.4) is 0 Å². The first-order valence-corrected chi connectivity index (χ1v) is 8.70. The SMILES string of the molecule is COC(=O)C1=C(C)N(c2cccc(OC)c2)C(=O)/C1=C/c1c(F)cccc1Cl. The van der Waals surface area contributed by atoms with Gasteiger partial charge in [-0.1, -0.05) is 23.7 Å². The van der Waals surface area contributed by atoms with Crippen LogP contribution in [0.2, 0.25) is 5.02 Å². The van der Waals surface area contributed by atoms with Gasteiger partial charge in [0.1, 0.15) is 11.6 Å². The van der Waals surface area contributed by atoms with Crippen molar-refractivity contribution in [1.82, 2.24) is 0 Å². The fourth-order valence-electron chi connectivity index (χ4n) is 3.03. The van der Waals surface area contributed by atoms with E-state index < -0.39 is 17.7 Å². The molecule has 0 fully saturated rings. The Morgan fingerprint density at radius 2 is 1.89 bits per heavy atom. The summed E-state index contributed by atoms with van der Waals surface area (Å²) in [7, 11) is 2.73. The molecule has 1 aliphatic heterocycles. The molecule has 0 atom stereocenters. The number of hydrogen-bond acceptors (Lipinski definition) is 4. The summed E-state index contributed by atoms with van der Waals surface area (Å²) in [5.41, 5.74) is 0.943. The zero-order valence-electron chi connectivity index (χ0n) is 15.5. The molecule has 28 heavy (non-hydrogen) atoms. The van der Waals surface area contributed by atoms with Gasteiger partial charge in [0, 0.05) is 17.3 Å². The minimum absolute atomic E-state index is 0.000769. The van der Waals surface area contributed by atoms with Gasteiger partial charge in [0.15, 0.2) is 0 Å². The van der Waals surface area contributed by atoms with Gasteiger partial charge in [-0.25, -0.2) is 9.18 Å². The number of carbonyl (C=O) groups excluding carboxylic acids is 2. The van der Waals surface area contributed by atoms with E-state index in [-0.39, 0.29) is 21.7 Å². The summed E-state index contributed by atoms with van der Waals surface area (Å²) in [4.78, 5) is 26.9. The third-order valence-electron chi connectivity index (χ3n) is 4.39. The minimum atomic E-state index is -0.699. The number of esters is 1. The summed E-state index contributed by atoms with van der Waals surface area (Å²) < 4.78 is 24.3. The van der Waals surface area contributed by atoms with Crippen LogP contribution in [-0.4, -0.2) is 26.1 Å². The number of carbonyl (C=O) groups is 2. The summed E-state index contributed by atoms with van der Waals surface area (Å²) in [5, 5.41) is 0.127. The molecule has 0 aromatic heterocycles. The van der Waals surface area contributed by atoms with Crippen molar-refractivity contribution in [3.63, 3.8) is 0 Å². The highest BCUT2D eigenvalue weighted by Gasteiger charge is 2.38. The second-order valence-corrected chi connectivity index (χ2v) is 6.39. The highest BCUT2D eigenvalue weighted by molar-refractivity contribution is 6.32. The predicted octanol–water partition coefficient (Wildman–Crippen LogP) is 4.36. The van der Waals surface area contributed by atoms with Gasteiger partial charge in [-0.3, -0.25) is 9.69 Å². The molecule has 1 aliphatic rings. The van der Waals surface area contributed by atoms with Crippen LogP contribution in [0.5, 0.6) is 5.75 Å². The first-order chi connectivity index (χ1) is 13.4. The third kappa shape index (κ3) is 3.39. The Bertz CT molecular complexity index is 1010. The number of ether oxygens (including phenoxy) is 2. The maximum atomic E-state index is 14.3. The van der Waals surface area contributed by atoms with Gasteiger partial charge in [0.05, 0.1) is 36.1 Å². The van der Waals surface area contributed by atoms with Gasteiger partial charge < -0.3 is 9.47 Å². The maximum absolute atomic E-state index is 14.3. The number of benzene rings is 2.